The smallest absolute Gasteiger partial charge is 0.191 e. The number of sulfone groups is 1. The number of rotatable bonds is 4. The Hall–Kier alpha value is -0.820. The van der Waals surface area contributed by atoms with Gasteiger partial charge in [-0.15, -0.1) is 0 Å². The fraction of sp³-hybridized carbons (Fsp3) is 0.941. The third-order valence-corrected chi connectivity index (χ3v) is 7.81. The lowest BCUT2D eigenvalue weighted by molar-refractivity contribution is -0.145. The van der Waals surface area contributed by atoms with Crippen LogP contribution >= 0.6 is 0 Å². The molecule has 3 atom stereocenters. The van der Waals surface area contributed by atoms with Crippen molar-refractivity contribution in [1.29, 1.82) is 0 Å². The molecule has 0 aromatic carbocycles. The van der Waals surface area contributed by atoms with E-state index in [9.17, 15) is 8.42 Å². The minimum absolute atomic E-state index is 0.0220. The van der Waals surface area contributed by atoms with Crippen LogP contribution in [0.5, 0.6) is 0 Å². The summed E-state index contributed by atoms with van der Waals surface area (Å²) in [4.78, 5) is 4.33. The summed E-state index contributed by atoms with van der Waals surface area (Å²) in [5.41, 5.74) is 0.230. The van der Waals surface area contributed by atoms with Crippen LogP contribution < -0.4 is 10.6 Å². The minimum Gasteiger partial charge on any atom is -0.378 e. The van der Waals surface area contributed by atoms with Crippen molar-refractivity contribution < 1.29 is 13.2 Å². The number of nitrogens with zero attached hydrogens (tertiary/aromatic N) is 1. The fourth-order valence-electron chi connectivity index (χ4n) is 4.70. The Morgan fingerprint density at radius 1 is 1.25 bits per heavy atom. The van der Waals surface area contributed by atoms with E-state index in [1.165, 1.54) is 32.1 Å². The molecule has 0 radical (unpaired) electrons. The Kier molecular flexibility index (Phi) is 5.39. The maximum absolute atomic E-state index is 11.6. The lowest BCUT2D eigenvalue weighted by atomic mass is 9.55. The van der Waals surface area contributed by atoms with Crippen molar-refractivity contribution in [3.63, 3.8) is 0 Å². The normalized spacial score (nSPS) is 34.8. The lowest BCUT2D eigenvalue weighted by Gasteiger charge is -2.58. The standard InChI is InChI=1S/C17H31N3O3S/c1-3-23-15-11-14(17(15)8-5-4-6-9-17)20-16(18-2)19-13-7-10-24(21,22)12-13/h13-15H,3-12H2,1-2H3,(H2,18,19,20). The Morgan fingerprint density at radius 2 is 2.00 bits per heavy atom. The molecule has 24 heavy (non-hydrogen) atoms. The van der Waals surface area contributed by atoms with Gasteiger partial charge in [0, 0.05) is 31.2 Å². The molecule has 0 aromatic heterocycles. The first kappa shape index (κ1) is 18.0. The van der Waals surface area contributed by atoms with Crippen molar-refractivity contribution in [1.82, 2.24) is 10.6 Å². The highest BCUT2D eigenvalue weighted by Gasteiger charge is 2.56. The fourth-order valence-corrected chi connectivity index (χ4v) is 6.38. The summed E-state index contributed by atoms with van der Waals surface area (Å²) in [7, 11) is -1.12. The van der Waals surface area contributed by atoms with Crippen LogP contribution in [-0.4, -0.2) is 57.7 Å². The predicted octanol–water partition coefficient (Wildman–Crippen LogP) is 1.47. The van der Waals surface area contributed by atoms with Crippen LogP contribution in [-0.2, 0) is 14.6 Å². The molecule has 1 saturated heterocycles. The molecule has 1 spiro atoms. The van der Waals surface area contributed by atoms with E-state index in [0.717, 1.165) is 19.0 Å². The average molecular weight is 358 g/mol. The van der Waals surface area contributed by atoms with Gasteiger partial charge in [-0.2, -0.15) is 0 Å². The van der Waals surface area contributed by atoms with E-state index in [1.807, 2.05) is 0 Å². The zero-order chi connectivity index (χ0) is 17.2. The molecule has 2 saturated carbocycles. The van der Waals surface area contributed by atoms with E-state index in [1.54, 1.807) is 7.05 Å². The maximum atomic E-state index is 11.6. The van der Waals surface area contributed by atoms with Gasteiger partial charge in [0.1, 0.15) is 0 Å². The second-order valence-electron chi connectivity index (χ2n) is 7.49. The summed E-state index contributed by atoms with van der Waals surface area (Å²) in [6.07, 6.45) is 8.32. The van der Waals surface area contributed by atoms with Gasteiger partial charge in [-0.25, -0.2) is 8.42 Å². The van der Waals surface area contributed by atoms with Crippen LogP contribution in [0, 0.1) is 5.41 Å². The molecule has 3 aliphatic rings. The zero-order valence-electron chi connectivity index (χ0n) is 14.9. The van der Waals surface area contributed by atoms with Gasteiger partial charge < -0.3 is 15.4 Å². The second kappa shape index (κ2) is 7.20. The Balaban J connectivity index is 1.61. The van der Waals surface area contributed by atoms with Crippen molar-refractivity contribution in [2.24, 2.45) is 10.4 Å². The number of hydrogen-bond donors (Lipinski definition) is 2. The molecule has 0 amide bonds. The highest BCUT2D eigenvalue weighted by molar-refractivity contribution is 7.91. The van der Waals surface area contributed by atoms with Crippen molar-refractivity contribution >= 4 is 15.8 Å². The number of nitrogens with one attached hydrogen (secondary N) is 2. The number of aliphatic imine (C=N–C) groups is 1. The van der Waals surface area contributed by atoms with E-state index in [4.69, 9.17) is 4.74 Å². The van der Waals surface area contributed by atoms with Gasteiger partial charge in [0.25, 0.3) is 0 Å². The Bertz CT molecular complexity index is 570. The summed E-state index contributed by atoms with van der Waals surface area (Å²) >= 11 is 0. The molecule has 3 rings (SSSR count). The SMILES string of the molecule is CCOC1CC(NC(=NC)NC2CCS(=O)(=O)C2)C12CCCCC2. The van der Waals surface area contributed by atoms with E-state index >= 15 is 0 Å². The third-order valence-electron chi connectivity index (χ3n) is 6.05. The summed E-state index contributed by atoms with van der Waals surface area (Å²) in [6.45, 7) is 2.84. The average Bonchev–Trinajstić information content (AvgIpc) is 2.92. The zero-order valence-corrected chi connectivity index (χ0v) is 15.7. The first-order valence-electron chi connectivity index (χ1n) is 9.31. The van der Waals surface area contributed by atoms with Crippen LogP contribution in [0.1, 0.15) is 51.9 Å². The molecular weight excluding hydrogens is 326 g/mol. The summed E-state index contributed by atoms with van der Waals surface area (Å²) in [5.74, 6) is 1.23. The quantitative estimate of drug-likeness (QED) is 0.588. The monoisotopic (exact) mass is 357 g/mol. The molecule has 2 aliphatic carbocycles. The van der Waals surface area contributed by atoms with E-state index in [-0.39, 0.29) is 23.0 Å². The molecule has 2 N–H and O–H groups in total. The van der Waals surface area contributed by atoms with Crippen LogP contribution in [0.15, 0.2) is 4.99 Å². The number of guanidine groups is 1. The first-order chi connectivity index (χ1) is 11.5. The highest BCUT2D eigenvalue weighted by Crippen LogP contribution is 2.53. The van der Waals surface area contributed by atoms with E-state index in [2.05, 4.69) is 22.5 Å². The Morgan fingerprint density at radius 3 is 2.58 bits per heavy atom. The van der Waals surface area contributed by atoms with Gasteiger partial charge in [-0.3, -0.25) is 4.99 Å². The maximum Gasteiger partial charge on any atom is 0.191 e. The summed E-state index contributed by atoms with van der Waals surface area (Å²) in [5, 5.41) is 6.88. The molecule has 6 nitrogen and oxygen atoms in total. The molecule has 1 heterocycles. The first-order valence-corrected chi connectivity index (χ1v) is 11.1. The second-order valence-corrected chi connectivity index (χ2v) is 9.72. The summed E-state index contributed by atoms with van der Waals surface area (Å²) < 4.78 is 29.3. The molecule has 0 bridgehead atoms. The van der Waals surface area contributed by atoms with E-state index in [0.29, 0.717) is 18.6 Å². The summed E-state index contributed by atoms with van der Waals surface area (Å²) in [6, 6.07) is 0.352. The molecule has 3 unspecified atom stereocenters. The molecule has 3 fully saturated rings. The van der Waals surface area contributed by atoms with E-state index < -0.39 is 9.84 Å². The largest absolute Gasteiger partial charge is 0.378 e. The molecule has 7 heteroatoms. The van der Waals surface area contributed by atoms with Crippen molar-refractivity contribution in [3.05, 3.63) is 0 Å². The lowest BCUT2D eigenvalue weighted by Crippen LogP contribution is -2.67. The van der Waals surface area contributed by atoms with Gasteiger partial charge in [-0.1, -0.05) is 19.3 Å². The molecule has 0 aromatic rings. The van der Waals surface area contributed by atoms with Crippen LogP contribution in [0.25, 0.3) is 0 Å². The van der Waals surface area contributed by atoms with Gasteiger partial charge in [-0.05, 0) is 32.6 Å². The molecular formula is C17H31N3O3S. The van der Waals surface area contributed by atoms with Gasteiger partial charge in [0.2, 0.25) is 0 Å². The molecule has 1 aliphatic heterocycles. The minimum atomic E-state index is -2.88. The topological polar surface area (TPSA) is 79.8 Å². The van der Waals surface area contributed by atoms with Crippen molar-refractivity contribution in [3.8, 4) is 0 Å². The van der Waals surface area contributed by atoms with Crippen molar-refractivity contribution in [2.75, 3.05) is 25.2 Å². The highest BCUT2D eigenvalue weighted by atomic mass is 32.2. The predicted molar refractivity (Wildman–Crippen MR) is 96.0 cm³/mol. The van der Waals surface area contributed by atoms with Crippen molar-refractivity contribution in [2.45, 2.75) is 70.1 Å². The van der Waals surface area contributed by atoms with Gasteiger partial charge in [0.05, 0.1) is 17.6 Å². The Labute approximate surface area is 145 Å². The van der Waals surface area contributed by atoms with Gasteiger partial charge >= 0.3 is 0 Å². The van der Waals surface area contributed by atoms with Crippen LogP contribution in [0.3, 0.4) is 0 Å². The van der Waals surface area contributed by atoms with Crippen LogP contribution in [0.2, 0.25) is 0 Å². The number of hydrogen-bond acceptors (Lipinski definition) is 4. The van der Waals surface area contributed by atoms with Gasteiger partial charge in [0.15, 0.2) is 15.8 Å². The number of ether oxygens (including phenoxy) is 1. The van der Waals surface area contributed by atoms with Crippen LogP contribution in [0.4, 0.5) is 0 Å². The third kappa shape index (κ3) is 3.57. The molecule has 138 valence electrons.